The van der Waals surface area contributed by atoms with Crippen LogP contribution in [-0.4, -0.2) is 15.6 Å². The molecular formula is C5H10FO4P. The number of alkyl halides is 1. The molecule has 0 spiro atoms. The molecule has 0 saturated heterocycles. The van der Waals surface area contributed by atoms with Crippen molar-refractivity contribution in [2.24, 2.45) is 0 Å². The monoisotopic (exact) mass is 184 g/mol. The Morgan fingerprint density at radius 2 is 2.27 bits per heavy atom. The van der Waals surface area contributed by atoms with Gasteiger partial charge in [0.25, 0.3) is 0 Å². The summed E-state index contributed by atoms with van der Waals surface area (Å²) in [6.45, 7) is 4.13. The predicted octanol–water partition coefficient (Wildman–Crippen LogP) is 1.36. The van der Waals surface area contributed by atoms with Crippen LogP contribution in [0.1, 0.15) is 13.3 Å². The highest BCUT2D eigenvalue weighted by atomic mass is 31.2. The molecule has 4 nitrogen and oxygen atoms in total. The average Bonchev–Trinajstić information content (AvgIpc) is 1.55. The van der Waals surface area contributed by atoms with Gasteiger partial charge in [-0.15, -0.1) is 6.58 Å². The van der Waals surface area contributed by atoms with Gasteiger partial charge < -0.3 is 9.79 Å². The van der Waals surface area contributed by atoms with Gasteiger partial charge in [-0.3, -0.25) is 0 Å². The second-order valence-corrected chi connectivity index (χ2v) is 3.34. The molecule has 0 heterocycles. The fourth-order valence-electron chi connectivity index (χ4n) is 0.543. The normalized spacial score (nSPS) is 17.5. The Morgan fingerprint density at radius 1 is 1.82 bits per heavy atom. The van der Waals surface area contributed by atoms with Gasteiger partial charge in [0.05, 0.1) is 0 Å². The zero-order valence-electron chi connectivity index (χ0n) is 6.03. The maximum absolute atomic E-state index is 12.8. The molecule has 0 bridgehead atoms. The quantitative estimate of drug-likeness (QED) is 0.511. The molecular weight excluding hydrogens is 174 g/mol. The Balaban J connectivity index is 4.12. The smallest absolute Gasteiger partial charge is 0.303 e. The summed E-state index contributed by atoms with van der Waals surface area (Å²) in [7, 11) is -4.74. The van der Waals surface area contributed by atoms with E-state index in [9.17, 15) is 8.96 Å². The van der Waals surface area contributed by atoms with Gasteiger partial charge in [0.1, 0.15) is 0 Å². The molecule has 0 radical (unpaired) electrons. The summed E-state index contributed by atoms with van der Waals surface area (Å²) >= 11 is 0. The summed E-state index contributed by atoms with van der Waals surface area (Å²) in [5.74, 6) is -2.35. The lowest BCUT2D eigenvalue weighted by atomic mass is 10.2. The van der Waals surface area contributed by atoms with Gasteiger partial charge in [-0.1, -0.05) is 6.08 Å². The topological polar surface area (TPSA) is 66.8 Å². The summed E-state index contributed by atoms with van der Waals surface area (Å²) in [5, 5.41) is 0. The molecule has 6 heteroatoms. The van der Waals surface area contributed by atoms with E-state index in [2.05, 4.69) is 11.1 Å². The molecule has 0 aromatic carbocycles. The van der Waals surface area contributed by atoms with Crippen LogP contribution in [0.2, 0.25) is 0 Å². The Labute approximate surface area is 63.9 Å². The molecule has 0 aromatic rings. The van der Waals surface area contributed by atoms with Crippen molar-refractivity contribution in [1.82, 2.24) is 0 Å². The van der Waals surface area contributed by atoms with E-state index < -0.39 is 13.7 Å². The summed E-state index contributed by atoms with van der Waals surface area (Å²) < 4.78 is 26.7. The van der Waals surface area contributed by atoms with Crippen molar-refractivity contribution in [1.29, 1.82) is 0 Å². The molecule has 0 rings (SSSR count). The van der Waals surface area contributed by atoms with Gasteiger partial charge in [0.15, 0.2) is 0 Å². The van der Waals surface area contributed by atoms with E-state index in [0.29, 0.717) is 0 Å². The predicted molar refractivity (Wildman–Crippen MR) is 37.5 cm³/mol. The van der Waals surface area contributed by atoms with Crippen molar-refractivity contribution in [2.45, 2.75) is 19.2 Å². The lowest BCUT2D eigenvalue weighted by Gasteiger charge is -2.18. The van der Waals surface area contributed by atoms with Crippen molar-refractivity contribution in [2.75, 3.05) is 0 Å². The zero-order chi connectivity index (χ0) is 9.12. The number of rotatable bonds is 4. The maximum atomic E-state index is 12.8. The van der Waals surface area contributed by atoms with Crippen molar-refractivity contribution >= 4 is 7.82 Å². The first-order chi connectivity index (χ1) is 4.77. The number of hydrogen-bond donors (Lipinski definition) is 2. The van der Waals surface area contributed by atoms with Crippen LogP contribution in [0.3, 0.4) is 0 Å². The Bertz CT molecular complexity index is 185. The third-order valence-electron chi connectivity index (χ3n) is 0.818. The summed E-state index contributed by atoms with van der Waals surface area (Å²) in [5.41, 5.74) is 0. The molecule has 0 aliphatic heterocycles. The Morgan fingerprint density at radius 3 is 2.55 bits per heavy atom. The largest absolute Gasteiger partial charge is 0.472 e. The summed E-state index contributed by atoms with van der Waals surface area (Å²) in [6, 6.07) is 0. The van der Waals surface area contributed by atoms with E-state index in [1.165, 1.54) is 6.08 Å². The highest BCUT2D eigenvalue weighted by Gasteiger charge is 2.31. The molecule has 66 valence electrons. The van der Waals surface area contributed by atoms with Gasteiger partial charge in [-0.05, 0) is 6.92 Å². The van der Waals surface area contributed by atoms with Crippen LogP contribution in [0.25, 0.3) is 0 Å². The second-order valence-electron chi connectivity index (χ2n) is 2.18. The standard InChI is InChI=1S/C5H10FO4P/c1-3-4-5(2,6)10-11(7,8)9/h3H,1,4H2,2H3,(H2,7,8,9). The van der Waals surface area contributed by atoms with E-state index >= 15 is 0 Å². The van der Waals surface area contributed by atoms with Crippen LogP contribution in [0, 0.1) is 0 Å². The molecule has 11 heavy (non-hydrogen) atoms. The van der Waals surface area contributed by atoms with Crippen molar-refractivity contribution < 1.29 is 23.3 Å². The SMILES string of the molecule is C=CCC(C)(F)OP(=O)(O)O. The van der Waals surface area contributed by atoms with Crippen molar-refractivity contribution in [3.05, 3.63) is 12.7 Å². The fourth-order valence-corrected chi connectivity index (χ4v) is 1.11. The first-order valence-electron chi connectivity index (χ1n) is 2.83. The van der Waals surface area contributed by atoms with Crippen molar-refractivity contribution in [3.8, 4) is 0 Å². The van der Waals surface area contributed by atoms with Crippen LogP contribution in [-0.2, 0) is 9.09 Å². The first kappa shape index (κ1) is 10.8. The van der Waals surface area contributed by atoms with Crippen molar-refractivity contribution in [3.63, 3.8) is 0 Å². The van der Waals surface area contributed by atoms with Gasteiger partial charge in [0, 0.05) is 6.42 Å². The molecule has 1 unspecified atom stereocenters. The minimum absolute atomic E-state index is 0.266. The number of phosphoric ester groups is 1. The molecule has 2 N–H and O–H groups in total. The number of hydrogen-bond acceptors (Lipinski definition) is 2. The van der Waals surface area contributed by atoms with Crippen LogP contribution in [0.5, 0.6) is 0 Å². The molecule has 0 saturated carbocycles. The van der Waals surface area contributed by atoms with Crippen LogP contribution in [0.4, 0.5) is 4.39 Å². The first-order valence-corrected chi connectivity index (χ1v) is 4.36. The van der Waals surface area contributed by atoms with E-state index in [0.717, 1.165) is 6.92 Å². The second kappa shape index (κ2) is 3.45. The lowest BCUT2D eigenvalue weighted by molar-refractivity contribution is -0.0602. The van der Waals surface area contributed by atoms with Crippen LogP contribution in [0.15, 0.2) is 12.7 Å². The Hall–Kier alpha value is -0.220. The lowest BCUT2D eigenvalue weighted by Crippen LogP contribution is -2.19. The molecule has 0 fully saturated rings. The van der Waals surface area contributed by atoms with Gasteiger partial charge in [0.2, 0.25) is 5.85 Å². The summed E-state index contributed by atoms with van der Waals surface area (Å²) in [6.07, 6.45) is 0.910. The Kier molecular flexibility index (Phi) is 3.38. The maximum Gasteiger partial charge on any atom is 0.472 e. The summed E-state index contributed by atoms with van der Waals surface area (Å²) in [4.78, 5) is 16.4. The van der Waals surface area contributed by atoms with Crippen LogP contribution < -0.4 is 0 Å². The minimum Gasteiger partial charge on any atom is -0.303 e. The molecule has 0 amide bonds. The van der Waals surface area contributed by atoms with E-state index in [1.54, 1.807) is 0 Å². The zero-order valence-corrected chi connectivity index (χ0v) is 6.92. The van der Waals surface area contributed by atoms with Crippen LogP contribution >= 0.6 is 7.82 Å². The molecule has 0 aliphatic carbocycles. The van der Waals surface area contributed by atoms with E-state index in [1.807, 2.05) is 0 Å². The molecule has 0 aromatic heterocycles. The third kappa shape index (κ3) is 6.19. The van der Waals surface area contributed by atoms with Gasteiger partial charge >= 0.3 is 7.82 Å². The van der Waals surface area contributed by atoms with E-state index in [4.69, 9.17) is 9.79 Å². The highest BCUT2D eigenvalue weighted by molar-refractivity contribution is 7.46. The van der Waals surface area contributed by atoms with Gasteiger partial charge in [-0.2, -0.15) is 0 Å². The average molecular weight is 184 g/mol. The fraction of sp³-hybridized carbons (Fsp3) is 0.600. The third-order valence-corrected chi connectivity index (χ3v) is 1.44. The number of phosphoric acid groups is 1. The minimum atomic E-state index is -4.74. The van der Waals surface area contributed by atoms with Gasteiger partial charge in [-0.25, -0.2) is 13.5 Å². The van der Waals surface area contributed by atoms with E-state index in [-0.39, 0.29) is 6.42 Å². The number of halogens is 1. The molecule has 1 atom stereocenters. The highest BCUT2D eigenvalue weighted by Crippen LogP contribution is 2.43. The molecule has 0 aliphatic rings.